The number of nitrogens with zero attached hydrogens (tertiary/aromatic N) is 2. The van der Waals surface area contributed by atoms with E-state index >= 15 is 0 Å². The maximum atomic E-state index is 11.9. The Morgan fingerprint density at radius 2 is 2.00 bits per heavy atom. The molecule has 0 aliphatic carbocycles. The van der Waals surface area contributed by atoms with Crippen molar-refractivity contribution in [3.8, 4) is 11.5 Å². The summed E-state index contributed by atoms with van der Waals surface area (Å²) in [6.45, 7) is 0. The zero-order valence-electron chi connectivity index (χ0n) is 9.85. The number of thioether (sulfide) groups is 1. The number of halogens is 3. The SMILES string of the molecule is O=C(CSC(F)(F)F)Nc1ccc(-c2nnco2)cc1. The molecule has 9 heteroatoms. The number of rotatable bonds is 4. The minimum atomic E-state index is -4.42. The van der Waals surface area contributed by atoms with Gasteiger partial charge in [0.2, 0.25) is 18.2 Å². The zero-order valence-corrected chi connectivity index (χ0v) is 10.7. The van der Waals surface area contributed by atoms with Gasteiger partial charge in [0, 0.05) is 11.3 Å². The molecule has 0 saturated heterocycles. The Hall–Kier alpha value is -2.03. The minimum absolute atomic E-state index is 0.315. The molecule has 0 saturated carbocycles. The molecule has 0 fully saturated rings. The predicted octanol–water partition coefficient (Wildman–Crippen LogP) is 2.93. The average Bonchev–Trinajstić information content (AvgIpc) is 2.90. The van der Waals surface area contributed by atoms with Crippen LogP contribution in [0.4, 0.5) is 18.9 Å². The van der Waals surface area contributed by atoms with Crippen molar-refractivity contribution in [2.45, 2.75) is 5.51 Å². The second kappa shape index (κ2) is 5.95. The molecule has 0 atom stereocenters. The van der Waals surface area contributed by atoms with Crippen LogP contribution in [0.25, 0.3) is 11.5 Å². The topological polar surface area (TPSA) is 68.0 Å². The Labute approximate surface area is 115 Å². The second-order valence-electron chi connectivity index (χ2n) is 3.60. The Morgan fingerprint density at radius 1 is 1.30 bits per heavy atom. The van der Waals surface area contributed by atoms with E-state index in [9.17, 15) is 18.0 Å². The molecule has 0 aliphatic heterocycles. The normalized spacial score (nSPS) is 11.3. The molecule has 0 spiro atoms. The number of nitrogens with one attached hydrogen (secondary N) is 1. The number of carbonyl (C=O) groups excluding carboxylic acids is 1. The van der Waals surface area contributed by atoms with E-state index in [0.717, 1.165) is 0 Å². The molecule has 1 aromatic carbocycles. The fraction of sp³-hybridized carbons (Fsp3) is 0.182. The molecule has 0 unspecified atom stereocenters. The van der Waals surface area contributed by atoms with Gasteiger partial charge in [-0.2, -0.15) is 13.2 Å². The van der Waals surface area contributed by atoms with E-state index in [4.69, 9.17) is 4.42 Å². The van der Waals surface area contributed by atoms with Crippen molar-refractivity contribution in [1.82, 2.24) is 10.2 Å². The monoisotopic (exact) mass is 303 g/mol. The highest BCUT2D eigenvalue weighted by Gasteiger charge is 2.29. The lowest BCUT2D eigenvalue weighted by Crippen LogP contribution is -2.17. The largest absolute Gasteiger partial charge is 0.442 e. The van der Waals surface area contributed by atoms with E-state index in [0.29, 0.717) is 17.1 Å². The Morgan fingerprint density at radius 3 is 2.55 bits per heavy atom. The van der Waals surface area contributed by atoms with Crippen LogP contribution in [-0.4, -0.2) is 27.4 Å². The van der Waals surface area contributed by atoms with Gasteiger partial charge in [0.15, 0.2) is 0 Å². The molecular weight excluding hydrogens is 295 g/mol. The quantitative estimate of drug-likeness (QED) is 0.940. The highest BCUT2D eigenvalue weighted by atomic mass is 32.2. The van der Waals surface area contributed by atoms with Crippen molar-refractivity contribution in [3.05, 3.63) is 30.7 Å². The smallest absolute Gasteiger partial charge is 0.423 e. The third-order valence-corrected chi connectivity index (χ3v) is 2.88. The van der Waals surface area contributed by atoms with Crippen LogP contribution in [0.1, 0.15) is 0 Å². The first-order chi connectivity index (χ1) is 9.44. The Kier molecular flexibility index (Phi) is 4.28. The lowest BCUT2D eigenvalue weighted by molar-refractivity contribution is -0.114. The van der Waals surface area contributed by atoms with Gasteiger partial charge in [-0.3, -0.25) is 4.79 Å². The van der Waals surface area contributed by atoms with Gasteiger partial charge in [-0.05, 0) is 36.0 Å². The number of benzene rings is 1. The second-order valence-corrected chi connectivity index (χ2v) is 4.64. The minimum Gasteiger partial charge on any atom is -0.423 e. The highest BCUT2D eigenvalue weighted by Crippen LogP contribution is 2.30. The van der Waals surface area contributed by atoms with Crippen molar-refractivity contribution in [3.63, 3.8) is 0 Å². The molecule has 106 valence electrons. The number of hydrogen-bond acceptors (Lipinski definition) is 5. The summed E-state index contributed by atoms with van der Waals surface area (Å²) < 4.78 is 40.8. The highest BCUT2D eigenvalue weighted by molar-refractivity contribution is 8.00. The van der Waals surface area contributed by atoms with Gasteiger partial charge >= 0.3 is 5.51 Å². The summed E-state index contributed by atoms with van der Waals surface area (Å²) >= 11 is -0.383. The lowest BCUT2D eigenvalue weighted by atomic mass is 10.2. The number of aromatic nitrogens is 2. The van der Waals surface area contributed by atoms with Crippen LogP contribution in [-0.2, 0) is 4.79 Å². The standard InChI is InChI=1S/C11H8F3N3O2S/c12-11(13,14)20-5-9(18)16-8-3-1-7(2-4-8)10-17-15-6-19-10/h1-4,6H,5H2,(H,16,18). The van der Waals surface area contributed by atoms with E-state index in [1.807, 2.05) is 0 Å². The van der Waals surface area contributed by atoms with Gasteiger partial charge in [-0.15, -0.1) is 10.2 Å². The molecular formula is C11H8F3N3O2S. The van der Waals surface area contributed by atoms with E-state index in [1.165, 1.54) is 18.5 Å². The summed E-state index contributed by atoms with van der Waals surface area (Å²) in [4.78, 5) is 11.3. The van der Waals surface area contributed by atoms with Gasteiger partial charge in [-0.25, -0.2) is 0 Å². The van der Waals surface area contributed by atoms with Crippen LogP contribution in [0, 0.1) is 0 Å². The molecule has 0 bridgehead atoms. The average molecular weight is 303 g/mol. The van der Waals surface area contributed by atoms with Crippen LogP contribution in [0.2, 0.25) is 0 Å². The van der Waals surface area contributed by atoms with E-state index < -0.39 is 17.2 Å². The maximum absolute atomic E-state index is 11.9. The third kappa shape index (κ3) is 4.26. The Balaban J connectivity index is 1.92. The first-order valence-corrected chi connectivity index (χ1v) is 6.30. The molecule has 0 radical (unpaired) electrons. The zero-order chi connectivity index (χ0) is 14.6. The third-order valence-electron chi connectivity index (χ3n) is 2.14. The fourth-order valence-electron chi connectivity index (χ4n) is 1.34. The Bertz CT molecular complexity index is 570. The van der Waals surface area contributed by atoms with Gasteiger partial charge in [0.05, 0.1) is 5.75 Å². The molecule has 1 N–H and O–H groups in total. The van der Waals surface area contributed by atoms with Crippen LogP contribution < -0.4 is 5.32 Å². The van der Waals surface area contributed by atoms with Crippen LogP contribution in [0.15, 0.2) is 35.1 Å². The number of amides is 1. The summed E-state index contributed by atoms with van der Waals surface area (Å²) in [5.74, 6) is -1.09. The van der Waals surface area contributed by atoms with Gasteiger partial charge < -0.3 is 9.73 Å². The summed E-state index contributed by atoms with van der Waals surface area (Å²) in [6, 6.07) is 6.30. The first kappa shape index (κ1) is 14.4. The lowest BCUT2D eigenvalue weighted by Gasteiger charge is -2.07. The molecule has 1 heterocycles. The van der Waals surface area contributed by atoms with E-state index in [2.05, 4.69) is 15.5 Å². The molecule has 2 aromatic rings. The first-order valence-electron chi connectivity index (χ1n) is 5.31. The van der Waals surface area contributed by atoms with Crippen LogP contribution in [0.5, 0.6) is 0 Å². The van der Waals surface area contributed by atoms with Gasteiger partial charge in [-0.1, -0.05) is 0 Å². The van der Waals surface area contributed by atoms with E-state index in [-0.39, 0.29) is 11.8 Å². The van der Waals surface area contributed by atoms with Crippen molar-refractivity contribution < 1.29 is 22.4 Å². The summed E-state index contributed by atoms with van der Waals surface area (Å²) in [5, 5.41) is 9.58. The number of anilines is 1. The van der Waals surface area contributed by atoms with Gasteiger partial charge in [0.1, 0.15) is 0 Å². The molecule has 0 aliphatic rings. The molecule has 1 amide bonds. The van der Waals surface area contributed by atoms with Gasteiger partial charge in [0.25, 0.3) is 0 Å². The number of hydrogen-bond donors (Lipinski definition) is 1. The fourth-order valence-corrected chi connectivity index (χ4v) is 1.71. The summed E-state index contributed by atoms with van der Waals surface area (Å²) in [7, 11) is 0. The summed E-state index contributed by atoms with van der Waals surface area (Å²) in [6.07, 6.45) is 1.18. The molecule has 20 heavy (non-hydrogen) atoms. The molecule has 1 aromatic heterocycles. The van der Waals surface area contributed by atoms with E-state index in [1.54, 1.807) is 12.1 Å². The van der Waals surface area contributed by atoms with Crippen molar-refractivity contribution >= 4 is 23.4 Å². The van der Waals surface area contributed by atoms with Crippen molar-refractivity contribution in [2.24, 2.45) is 0 Å². The predicted molar refractivity (Wildman–Crippen MR) is 66.9 cm³/mol. The summed E-state index contributed by atoms with van der Waals surface area (Å²) in [5.41, 5.74) is -3.38. The molecule has 5 nitrogen and oxygen atoms in total. The van der Waals surface area contributed by atoms with Crippen LogP contribution >= 0.6 is 11.8 Å². The number of carbonyl (C=O) groups is 1. The van der Waals surface area contributed by atoms with Crippen molar-refractivity contribution in [2.75, 3.05) is 11.1 Å². The maximum Gasteiger partial charge on any atom is 0.442 e. The number of alkyl halides is 3. The van der Waals surface area contributed by atoms with Crippen molar-refractivity contribution in [1.29, 1.82) is 0 Å². The van der Waals surface area contributed by atoms with Crippen LogP contribution in [0.3, 0.4) is 0 Å². The molecule has 2 rings (SSSR count).